The van der Waals surface area contributed by atoms with Gasteiger partial charge in [0.2, 0.25) is 0 Å². The molecule has 0 amide bonds. The SMILES string of the molecule is Cc1cccc(C(CCl)(CCl)Cc2cc(F)cc(F)c2)c1. The van der Waals surface area contributed by atoms with E-state index in [9.17, 15) is 8.78 Å². The van der Waals surface area contributed by atoms with Gasteiger partial charge in [0.1, 0.15) is 11.6 Å². The van der Waals surface area contributed by atoms with Gasteiger partial charge in [-0.3, -0.25) is 0 Å². The van der Waals surface area contributed by atoms with Crippen LogP contribution in [0.5, 0.6) is 0 Å². The van der Waals surface area contributed by atoms with Crippen molar-refractivity contribution in [1.82, 2.24) is 0 Å². The molecule has 0 unspecified atom stereocenters. The van der Waals surface area contributed by atoms with Crippen molar-refractivity contribution in [3.63, 3.8) is 0 Å². The first kappa shape index (κ1) is 16.3. The molecule has 4 heteroatoms. The third-order valence-electron chi connectivity index (χ3n) is 3.61. The van der Waals surface area contributed by atoms with E-state index < -0.39 is 17.0 Å². The molecule has 0 aliphatic heterocycles. The van der Waals surface area contributed by atoms with Crippen LogP contribution < -0.4 is 0 Å². The number of hydrogen-bond donors (Lipinski definition) is 0. The summed E-state index contributed by atoms with van der Waals surface area (Å²) in [5.74, 6) is -0.629. The molecule has 0 N–H and O–H groups in total. The molecule has 0 aromatic heterocycles. The van der Waals surface area contributed by atoms with Crippen LogP contribution in [-0.2, 0) is 11.8 Å². The number of rotatable bonds is 5. The minimum Gasteiger partial charge on any atom is -0.207 e. The molecule has 0 nitrogen and oxygen atoms in total. The van der Waals surface area contributed by atoms with Crippen molar-refractivity contribution in [2.75, 3.05) is 11.8 Å². The molecule has 21 heavy (non-hydrogen) atoms. The average Bonchev–Trinajstić information content (AvgIpc) is 2.44. The molecule has 2 rings (SSSR count). The van der Waals surface area contributed by atoms with Crippen molar-refractivity contribution in [3.05, 3.63) is 70.8 Å². The zero-order valence-corrected chi connectivity index (χ0v) is 13.2. The summed E-state index contributed by atoms with van der Waals surface area (Å²) in [5.41, 5.74) is 2.08. The van der Waals surface area contributed by atoms with Gasteiger partial charge in [-0.05, 0) is 36.6 Å². The van der Waals surface area contributed by atoms with Crippen LogP contribution in [0.1, 0.15) is 16.7 Å². The van der Waals surface area contributed by atoms with Gasteiger partial charge in [0.15, 0.2) is 0 Å². The van der Waals surface area contributed by atoms with Crippen molar-refractivity contribution < 1.29 is 8.78 Å². The second-order valence-corrected chi connectivity index (χ2v) is 5.91. The number of halogens is 4. The molecule has 0 aliphatic rings. The fourth-order valence-electron chi connectivity index (χ4n) is 2.47. The van der Waals surface area contributed by atoms with Gasteiger partial charge in [-0.1, -0.05) is 29.8 Å². The third-order valence-corrected chi connectivity index (χ3v) is 4.63. The average molecular weight is 329 g/mol. The summed E-state index contributed by atoms with van der Waals surface area (Å²) in [4.78, 5) is 0. The quantitative estimate of drug-likeness (QED) is 0.659. The summed E-state index contributed by atoms with van der Waals surface area (Å²) in [5, 5.41) is 0. The monoisotopic (exact) mass is 328 g/mol. The van der Waals surface area contributed by atoms with E-state index >= 15 is 0 Å². The van der Waals surface area contributed by atoms with Crippen LogP contribution in [0.3, 0.4) is 0 Å². The van der Waals surface area contributed by atoms with E-state index in [1.54, 1.807) is 0 Å². The Balaban J connectivity index is 2.42. The van der Waals surface area contributed by atoms with Crippen LogP contribution >= 0.6 is 23.2 Å². The van der Waals surface area contributed by atoms with Crippen molar-refractivity contribution in [2.45, 2.75) is 18.8 Å². The highest BCUT2D eigenvalue weighted by Gasteiger charge is 2.31. The van der Waals surface area contributed by atoms with Crippen LogP contribution in [0.15, 0.2) is 42.5 Å². The molecule has 0 aliphatic carbocycles. The highest BCUT2D eigenvalue weighted by molar-refractivity contribution is 6.22. The Morgan fingerprint density at radius 3 is 2.10 bits per heavy atom. The topological polar surface area (TPSA) is 0 Å². The van der Waals surface area contributed by atoms with Gasteiger partial charge in [-0.15, -0.1) is 23.2 Å². The van der Waals surface area contributed by atoms with Gasteiger partial charge in [-0.25, -0.2) is 8.78 Å². The van der Waals surface area contributed by atoms with E-state index in [0.717, 1.165) is 17.2 Å². The Hall–Kier alpha value is -1.12. The first-order valence-electron chi connectivity index (χ1n) is 6.63. The zero-order chi connectivity index (χ0) is 15.5. The van der Waals surface area contributed by atoms with Crippen LogP contribution in [0, 0.1) is 18.6 Å². The third kappa shape index (κ3) is 3.75. The maximum atomic E-state index is 13.4. The Morgan fingerprint density at radius 1 is 0.952 bits per heavy atom. The van der Waals surface area contributed by atoms with Gasteiger partial charge in [0, 0.05) is 23.2 Å². The van der Waals surface area contributed by atoms with E-state index in [4.69, 9.17) is 23.2 Å². The lowest BCUT2D eigenvalue weighted by atomic mass is 9.78. The summed E-state index contributed by atoms with van der Waals surface area (Å²) in [6, 6.07) is 11.4. The molecule has 112 valence electrons. The Morgan fingerprint density at radius 2 is 1.57 bits per heavy atom. The minimum atomic E-state index is -0.590. The summed E-state index contributed by atoms with van der Waals surface area (Å²) in [6.07, 6.45) is 0.387. The van der Waals surface area contributed by atoms with E-state index in [-0.39, 0.29) is 11.8 Å². The first-order chi connectivity index (χ1) is 9.99. The Bertz CT molecular complexity index is 602. The molecular weight excluding hydrogens is 313 g/mol. The molecular formula is C17H16Cl2F2. The fourth-order valence-corrected chi connectivity index (χ4v) is 3.25. The first-order valence-corrected chi connectivity index (χ1v) is 7.70. The standard InChI is InChI=1S/C17H16Cl2F2/c1-12-3-2-4-14(5-12)17(10-18,11-19)9-13-6-15(20)8-16(21)7-13/h2-8H,9-11H2,1H3. The molecule has 0 bridgehead atoms. The molecule has 2 aromatic rings. The lowest BCUT2D eigenvalue weighted by Crippen LogP contribution is -2.33. The second-order valence-electron chi connectivity index (χ2n) is 5.37. The summed E-state index contributed by atoms with van der Waals surface area (Å²) < 4.78 is 26.7. The summed E-state index contributed by atoms with van der Waals surface area (Å²) in [7, 11) is 0. The summed E-state index contributed by atoms with van der Waals surface area (Å²) >= 11 is 12.3. The van der Waals surface area contributed by atoms with Crippen LogP contribution in [-0.4, -0.2) is 11.8 Å². The second kappa shape index (κ2) is 6.76. The molecule has 0 saturated carbocycles. The van der Waals surface area contributed by atoms with Gasteiger partial charge in [0.05, 0.1) is 0 Å². The molecule has 0 heterocycles. The minimum absolute atomic E-state index is 0.276. The Kier molecular flexibility index (Phi) is 5.23. The van der Waals surface area contributed by atoms with E-state index in [1.807, 2.05) is 31.2 Å². The molecule has 0 saturated heterocycles. The van der Waals surface area contributed by atoms with Crippen molar-refractivity contribution in [3.8, 4) is 0 Å². The zero-order valence-electron chi connectivity index (χ0n) is 11.7. The lowest BCUT2D eigenvalue weighted by molar-refractivity contribution is 0.525. The molecule has 0 fully saturated rings. The smallest absolute Gasteiger partial charge is 0.126 e. The molecule has 0 radical (unpaired) electrons. The van der Waals surface area contributed by atoms with Gasteiger partial charge < -0.3 is 0 Å². The number of hydrogen-bond acceptors (Lipinski definition) is 0. The fraction of sp³-hybridized carbons (Fsp3) is 0.294. The normalized spacial score (nSPS) is 11.7. The predicted molar refractivity (Wildman–Crippen MR) is 84.4 cm³/mol. The molecule has 0 atom stereocenters. The maximum absolute atomic E-state index is 13.4. The van der Waals surface area contributed by atoms with E-state index in [1.165, 1.54) is 12.1 Å². The van der Waals surface area contributed by atoms with Gasteiger partial charge >= 0.3 is 0 Å². The highest BCUT2D eigenvalue weighted by Crippen LogP contribution is 2.32. The van der Waals surface area contributed by atoms with E-state index in [0.29, 0.717) is 12.0 Å². The number of benzene rings is 2. The van der Waals surface area contributed by atoms with Crippen LogP contribution in [0.2, 0.25) is 0 Å². The molecule has 0 spiro atoms. The largest absolute Gasteiger partial charge is 0.207 e. The van der Waals surface area contributed by atoms with Gasteiger partial charge in [-0.2, -0.15) is 0 Å². The van der Waals surface area contributed by atoms with Crippen LogP contribution in [0.4, 0.5) is 8.78 Å². The van der Waals surface area contributed by atoms with Crippen molar-refractivity contribution in [2.24, 2.45) is 0 Å². The summed E-state index contributed by atoms with van der Waals surface area (Å²) in [6.45, 7) is 1.98. The van der Waals surface area contributed by atoms with Crippen LogP contribution in [0.25, 0.3) is 0 Å². The number of alkyl halides is 2. The number of aryl methyl sites for hydroxylation is 1. The maximum Gasteiger partial charge on any atom is 0.126 e. The van der Waals surface area contributed by atoms with Gasteiger partial charge in [0.25, 0.3) is 0 Å². The van der Waals surface area contributed by atoms with E-state index in [2.05, 4.69) is 0 Å². The lowest BCUT2D eigenvalue weighted by Gasteiger charge is -2.31. The van der Waals surface area contributed by atoms with Crippen molar-refractivity contribution >= 4 is 23.2 Å². The highest BCUT2D eigenvalue weighted by atomic mass is 35.5. The van der Waals surface area contributed by atoms with Crippen molar-refractivity contribution in [1.29, 1.82) is 0 Å². The Labute approximate surface area is 133 Å². The predicted octanol–water partition coefficient (Wildman–Crippen LogP) is 5.23. The molecule has 2 aromatic carbocycles.